The lowest BCUT2D eigenvalue weighted by Crippen LogP contribution is -2.20. The van der Waals surface area contributed by atoms with Crippen LogP contribution in [0.4, 0.5) is 11.8 Å². The predicted octanol–water partition coefficient (Wildman–Crippen LogP) is 3.68. The van der Waals surface area contributed by atoms with Gasteiger partial charge in [-0.1, -0.05) is 91.0 Å². The van der Waals surface area contributed by atoms with Crippen LogP contribution in [0.5, 0.6) is 0 Å². The molecule has 0 amide bonds. The van der Waals surface area contributed by atoms with Crippen LogP contribution in [0.15, 0.2) is 97.2 Å². The van der Waals surface area contributed by atoms with Crippen molar-refractivity contribution in [1.82, 2.24) is 19.9 Å². The highest BCUT2D eigenvalue weighted by Gasteiger charge is 2.15. The van der Waals surface area contributed by atoms with Crippen molar-refractivity contribution >= 4 is 80.7 Å². The van der Waals surface area contributed by atoms with Gasteiger partial charge in [-0.3, -0.25) is 0 Å². The maximum Gasteiger partial charge on any atom is 0.224 e. The first-order valence-electron chi connectivity index (χ1n) is 10.3. The summed E-state index contributed by atoms with van der Waals surface area (Å²) in [5.41, 5.74) is 12.0. The van der Waals surface area contributed by atoms with Crippen molar-refractivity contribution in [2.75, 3.05) is 11.5 Å². The molecule has 0 unspecified atom stereocenters. The molecule has 0 saturated carbocycles. The first-order valence-corrected chi connectivity index (χ1v) is 11.6. The van der Waals surface area contributed by atoms with Gasteiger partial charge >= 0.3 is 0 Å². The van der Waals surface area contributed by atoms with Crippen LogP contribution in [0.25, 0.3) is 11.2 Å². The Labute approximate surface area is 226 Å². The van der Waals surface area contributed by atoms with Gasteiger partial charge < -0.3 is 16.6 Å². The normalized spacial score (nSPS) is 10.0. The molecular weight excluding hydrogens is 591 g/mol. The third-order valence-corrected chi connectivity index (χ3v) is 7.15. The lowest BCUT2D eigenvalue weighted by molar-refractivity contribution is 0.277. The summed E-state index contributed by atoms with van der Waals surface area (Å²) in [6, 6.07) is 32.3. The third-order valence-electron chi connectivity index (χ3n) is 4.71. The zero-order valence-electron chi connectivity index (χ0n) is 18.6. The molecule has 0 spiro atoms. The molecule has 0 aliphatic carbocycles. The Bertz CT molecular complexity index is 1240. The molecule has 35 heavy (non-hydrogen) atoms. The summed E-state index contributed by atoms with van der Waals surface area (Å²) in [6.45, 7) is -0.202. The quantitative estimate of drug-likeness (QED) is 0.264. The summed E-state index contributed by atoms with van der Waals surface area (Å²) in [5.74, 6) is 0.219. The van der Waals surface area contributed by atoms with E-state index in [2.05, 4.69) is 111 Å². The average molecular weight is 616 g/mol. The summed E-state index contributed by atoms with van der Waals surface area (Å²) in [4.78, 5) is 15.5. The highest BCUT2D eigenvalue weighted by molar-refractivity contribution is 8.93. The molecule has 180 valence electrons. The Hall–Kier alpha value is -2.97. The van der Waals surface area contributed by atoms with Crippen molar-refractivity contribution in [1.29, 1.82) is 0 Å². The van der Waals surface area contributed by atoms with Crippen LogP contribution in [0.1, 0.15) is 5.69 Å². The Morgan fingerprint density at radius 1 is 0.657 bits per heavy atom. The van der Waals surface area contributed by atoms with Crippen molar-refractivity contribution in [3.63, 3.8) is 0 Å². The second-order valence-electron chi connectivity index (χ2n) is 7.00. The molecule has 5 aromatic rings. The van der Waals surface area contributed by atoms with Crippen molar-refractivity contribution in [2.45, 2.75) is 6.61 Å². The summed E-state index contributed by atoms with van der Waals surface area (Å²) in [6.07, 6.45) is 1.41. The van der Waals surface area contributed by atoms with Crippen LogP contribution in [0.3, 0.4) is 0 Å². The van der Waals surface area contributed by atoms with Crippen LogP contribution < -0.4 is 27.4 Å². The number of rotatable bonds is 4. The fourth-order valence-corrected chi connectivity index (χ4v) is 5.54. The number of hydrogen-bond acceptors (Lipinski definition) is 7. The Kier molecular flexibility index (Phi) is 11.1. The van der Waals surface area contributed by atoms with Crippen molar-refractivity contribution in [3.8, 4) is 0 Å². The number of halogens is 2. The number of aliphatic hydroxyl groups excluding tert-OH is 1. The largest absolute Gasteiger partial charge is 0.390 e. The van der Waals surface area contributed by atoms with E-state index in [9.17, 15) is 0 Å². The fraction of sp³-hybridized carbons (Fsp3) is 0.0400. The first-order chi connectivity index (χ1) is 16.2. The molecule has 5 N–H and O–H groups in total. The van der Waals surface area contributed by atoms with Crippen molar-refractivity contribution < 1.29 is 5.11 Å². The number of nitrogen functional groups attached to an aromatic ring is 2. The topological polar surface area (TPSA) is 124 Å². The maximum atomic E-state index is 8.83. The zero-order valence-corrected chi connectivity index (χ0v) is 22.9. The standard InChI is InChI=1S/C18H15P.C7H8N6O.2BrH/c1-4-10-16(11-5-1)19(17-12-6-2-7-13-17)18-14-8-3-9-15-18;8-5-4-6(13-7(9)12-5)10-1-3(2-14)11-4;;/h1-15H;1,14H,2H2,(H4,8,9,10,12,13);2*1H. The fourth-order valence-electron chi connectivity index (χ4n) is 3.24. The summed E-state index contributed by atoms with van der Waals surface area (Å²) >= 11 is 0. The number of hydrogen-bond donors (Lipinski definition) is 3. The van der Waals surface area contributed by atoms with E-state index in [0.29, 0.717) is 16.9 Å². The molecule has 0 radical (unpaired) electrons. The van der Waals surface area contributed by atoms with Crippen LogP contribution in [0, 0.1) is 0 Å². The molecule has 2 heterocycles. The van der Waals surface area contributed by atoms with E-state index in [1.54, 1.807) is 0 Å². The molecule has 0 bridgehead atoms. The summed E-state index contributed by atoms with van der Waals surface area (Å²) < 4.78 is 0. The van der Waals surface area contributed by atoms with E-state index in [-0.39, 0.29) is 52.3 Å². The maximum absolute atomic E-state index is 8.83. The number of nitrogens with zero attached hydrogens (tertiary/aromatic N) is 4. The van der Waals surface area contributed by atoms with Gasteiger partial charge in [-0.05, 0) is 23.8 Å². The first kappa shape index (κ1) is 28.3. The predicted molar refractivity (Wildman–Crippen MR) is 156 cm³/mol. The van der Waals surface area contributed by atoms with Crippen LogP contribution >= 0.6 is 41.9 Å². The van der Waals surface area contributed by atoms with Gasteiger partial charge in [0.15, 0.2) is 17.0 Å². The van der Waals surface area contributed by atoms with Gasteiger partial charge in [0, 0.05) is 0 Å². The molecule has 10 heteroatoms. The molecule has 0 atom stereocenters. The van der Waals surface area contributed by atoms with E-state index in [1.807, 2.05) is 0 Å². The smallest absolute Gasteiger partial charge is 0.224 e. The van der Waals surface area contributed by atoms with Gasteiger partial charge in [-0.2, -0.15) is 9.97 Å². The number of anilines is 2. The SMILES string of the molecule is Br.Br.Nc1nc(N)c2nc(CO)cnc2n1.c1ccc(P(c2ccccc2)c2ccccc2)cc1. The van der Waals surface area contributed by atoms with Crippen LogP contribution in [0.2, 0.25) is 0 Å². The molecule has 0 fully saturated rings. The average Bonchev–Trinajstić information content (AvgIpc) is 2.86. The number of fused-ring (bicyclic) bond motifs is 1. The molecule has 2 aromatic heterocycles. The highest BCUT2D eigenvalue weighted by Crippen LogP contribution is 2.32. The third kappa shape index (κ3) is 7.26. The van der Waals surface area contributed by atoms with Crippen LogP contribution in [-0.4, -0.2) is 25.0 Å². The second-order valence-corrected chi connectivity index (χ2v) is 9.22. The zero-order chi connectivity index (χ0) is 23.0. The lowest BCUT2D eigenvalue weighted by atomic mass is 10.4. The molecule has 0 aliphatic rings. The van der Waals surface area contributed by atoms with Gasteiger partial charge in [0.05, 0.1) is 18.5 Å². The van der Waals surface area contributed by atoms with Crippen molar-refractivity contribution in [3.05, 3.63) is 103 Å². The monoisotopic (exact) mass is 614 g/mol. The van der Waals surface area contributed by atoms with Crippen molar-refractivity contribution in [2.24, 2.45) is 0 Å². The minimum Gasteiger partial charge on any atom is -0.390 e. The lowest BCUT2D eigenvalue weighted by Gasteiger charge is -2.18. The van der Waals surface area contributed by atoms with E-state index in [0.717, 1.165) is 0 Å². The van der Waals surface area contributed by atoms with Crippen LogP contribution in [-0.2, 0) is 6.61 Å². The molecular formula is C25H25Br2N6OP. The summed E-state index contributed by atoms with van der Waals surface area (Å²) in [7, 11) is -0.446. The van der Waals surface area contributed by atoms with Gasteiger partial charge in [0.25, 0.3) is 0 Å². The Morgan fingerprint density at radius 2 is 1.11 bits per heavy atom. The second kappa shape index (κ2) is 13.8. The molecule has 3 aromatic carbocycles. The highest BCUT2D eigenvalue weighted by atomic mass is 79.9. The number of nitrogens with two attached hydrogens (primary N) is 2. The van der Waals surface area contributed by atoms with E-state index in [1.165, 1.54) is 22.1 Å². The minimum atomic E-state index is -0.446. The number of aliphatic hydroxyl groups is 1. The summed E-state index contributed by atoms with van der Waals surface area (Å²) in [5, 5.41) is 13.0. The van der Waals surface area contributed by atoms with E-state index in [4.69, 9.17) is 16.6 Å². The van der Waals surface area contributed by atoms with E-state index >= 15 is 0 Å². The number of aromatic nitrogens is 4. The molecule has 0 saturated heterocycles. The molecule has 7 nitrogen and oxygen atoms in total. The van der Waals surface area contributed by atoms with E-state index < -0.39 is 7.92 Å². The van der Waals surface area contributed by atoms with Gasteiger partial charge in [0.1, 0.15) is 0 Å². The minimum absolute atomic E-state index is 0. The number of benzene rings is 3. The molecule has 5 rings (SSSR count). The Morgan fingerprint density at radius 3 is 1.54 bits per heavy atom. The Balaban J connectivity index is 0.000000243. The molecule has 0 aliphatic heterocycles. The van der Waals surface area contributed by atoms with Gasteiger partial charge in [0.2, 0.25) is 5.95 Å². The van der Waals surface area contributed by atoms with Gasteiger partial charge in [-0.15, -0.1) is 34.0 Å². The van der Waals surface area contributed by atoms with Gasteiger partial charge in [-0.25, -0.2) is 9.97 Å².